The van der Waals surface area contributed by atoms with E-state index in [-0.39, 0.29) is 18.8 Å². The second-order valence-corrected chi connectivity index (χ2v) is 9.39. The average molecular weight is 517 g/mol. The fourth-order valence-corrected chi connectivity index (χ4v) is 3.69. The highest BCUT2D eigenvalue weighted by Gasteiger charge is 2.32. The van der Waals surface area contributed by atoms with Crippen molar-refractivity contribution in [1.82, 2.24) is 25.9 Å². The smallest absolute Gasteiger partial charge is 0.326 e. The van der Waals surface area contributed by atoms with E-state index < -0.39 is 54.0 Å². The van der Waals surface area contributed by atoms with Gasteiger partial charge in [-0.1, -0.05) is 44.2 Å². The number of benzene rings is 1. The Morgan fingerprint density at radius 1 is 0.946 bits per heavy atom. The lowest BCUT2D eigenvalue weighted by Gasteiger charge is -2.26. The predicted octanol–water partition coefficient (Wildman–Crippen LogP) is -0.512. The third-order valence-corrected chi connectivity index (χ3v) is 5.63. The molecule has 1 aromatic carbocycles. The molecule has 0 spiro atoms. The van der Waals surface area contributed by atoms with E-state index in [9.17, 15) is 29.4 Å². The van der Waals surface area contributed by atoms with Crippen molar-refractivity contribution in [1.29, 1.82) is 0 Å². The number of nitrogens with two attached hydrogens (primary N) is 1. The van der Waals surface area contributed by atoms with Gasteiger partial charge in [0.25, 0.3) is 0 Å². The van der Waals surface area contributed by atoms with E-state index in [0.717, 1.165) is 0 Å². The number of amides is 3. The number of hydrogen-bond acceptors (Lipinski definition) is 7. The van der Waals surface area contributed by atoms with Crippen molar-refractivity contribution < 1.29 is 29.4 Å². The van der Waals surface area contributed by atoms with Gasteiger partial charge >= 0.3 is 5.97 Å². The molecule has 202 valence electrons. The Hall–Kier alpha value is -3.77. The van der Waals surface area contributed by atoms with Crippen molar-refractivity contribution in [3.63, 3.8) is 0 Å². The van der Waals surface area contributed by atoms with E-state index >= 15 is 0 Å². The standard InChI is InChI=1S/C25H36N6O6/c1-14(2)9-18(26)22(33)31-21(15(3)32)24(35)29-19(10-16-7-5-4-6-8-16)23(34)30-20(25(36)37)11-17-12-27-13-28-17/h4-8,12-15,18-21,32H,9-11,26H2,1-3H3,(H,27,28)(H,29,35)(H,30,34)(H,31,33)(H,36,37). The first-order chi connectivity index (χ1) is 17.5. The molecule has 12 heteroatoms. The van der Waals surface area contributed by atoms with Crippen LogP contribution in [0.2, 0.25) is 0 Å². The molecule has 8 N–H and O–H groups in total. The van der Waals surface area contributed by atoms with Gasteiger partial charge in [0.2, 0.25) is 17.7 Å². The summed E-state index contributed by atoms with van der Waals surface area (Å²) in [6.07, 6.45) is 1.93. The summed E-state index contributed by atoms with van der Waals surface area (Å²) in [6, 6.07) is 4.09. The first-order valence-corrected chi connectivity index (χ1v) is 12.1. The van der Waals surface area contributed by atoms with Gasteiger partial charge in [0, 0.05) is 24.7 Å². The highest BCUT2D eigenvalue weighted by molar-refractivity contribution is 5.94. The summed E-state index contributed by atoms with van der Waals surface area (Å²) in [5.41, 5.74) is 7.12. The molecule has 0 aliphatic rings. The van der Waals surface area contributed by atoms with Crippen LogP contribution in [0, 0.1) is 5.92 Å². The molecule has 12 nitrogen and oxygen atoms in total. The SMILES string of the molecule is CC(C)CC(N)C(=O)NC(C(=O)NC(Cc1ccccc1)C(=O)NC(Cc1cnc[nH]1)C(=O)O)C(C)O. The Balaban J connectivity index is 2.20. The number of H-pyrrole nitrogens is 1. The molecule has 5 unspecified atom stereocenters. The van der Waals surface area contributed by atoms with Gasteiger partial charge in [-0.25, -0.2) is 9.78 Å². The van der Waals surface area contributed by atoms with Gasteiger partial charge in [0.15, 0.2) is 0 Å². The number of carbonyl (C=O) groups excluding carboxylic acids is 3. The number of nitrogens with one attached hydrogen (secondary N) is 4. The number of aromatic nitrogens is 2. The molecule has 1 aromatic heterocycles. The number of aliphatic hydroxyl groups excluding tert-OH is 1. The molecule has 0 aliphatic carbocycles. The first kappa shape index (κ1) is 29.5. The molecular weight excluding hydrogens is 480 g/mol. The summed E-state index contributed by atoms with van der Waals surface area (Å²) in [4.78, 5) is 57.2. The van der Waals surface area contributed by atoms with Crippen LogP contribution in [0.25, 0.3) is 0 Å². The second-order valence-electron chi connectivity index (χ2n) is 9.39. The number of carboxylic acids is 1. The summed E-state index contributed by atoms with van der Waals surface area (Å²) < 4.78 is 0. The van der Waals surface area contributed by atoms with Gasteiger partial charge in [-0.2, -0.15) is 0 Å². The number of hydrogen-bond donors (Lipinski definition) is 7. The quantitative estimate of drug-likeness (QED) is 0.174. The molecule has 0 bridgehead atoms. The predicted molar refractivity (Wildman–Crippen MR) is 135 cm³/mol. The minimum Gasteiger partial charge on any atom is -0.480 e. The lowest BCUT2D eigenvalue weighted by Crippen LogP contribution is -2.60. The summed E-state index contributed by atoms with van der Waals surface area (Å²) >= 11 is 0. The van der Waals surface area contributed by atoms with Crippen LogP contribution in [0.1, 0.15) is 38.4 Å². The van der Waals surface area contributed by atoms with Gasteiger partial charge < -0.3 is 36.9 Å². The molecule has 2 aromatic rings. The van der Waals surface area contributed by atoms with Crippen LogP contribution in [0.15, 0.2) is 42.9 Å². The Kier molecular flexibility index (Phi) is 11.2. The maximum absolute atomic E-state index is 13.2. The number of carbonyl (C=O) groups is 4. The number of imidazole rings is 1. The third-order valence-electron chi connectivity index (χ3n) is 5.63. The topological polar surface area (TPSA) is 200 Å². The average Bonchev–Trinajstić information content (AvgIpc) is 3.34. The van der Waals surface area contributed by atoms with Crippen LogP contribution in [-0.2, 0) is 32.0 Å². The van der Waals surface area contributed by atoms with Gasteiger partial charge in [-0.15, -0.1) is 0 Å². The van der Waals surface area contributed by atoms with Gasteiger partial charge in [0.1, 0.15) is 18.1 Å². The highest BCUT2D eigenvalue weighted by atomic mass is 16.4. The molecule has 3 amide bonds. The molecule has 0 fully saturated rings. The normalized spacial score (nSPS) is 15.2. The van der Waals surface area contributed by atoms with Crippen molar-refractivity contribution in [2.75, 3.05) is 0 Å². The zero-order valence-electron chi connectivity index (χ0n) is 21.2. The number of carboxylic acid groups (broad SMARTS) is 1. The van der Waals surface area contributed by atoms with E-state index in [1.807, 2.05) is 13.8 Å². The second kappa shape index (κ2) is 14.1. The van der Waals surface area contributed by atoms with Crippen molar-refractivity contribution in [3.8, 4) is 0 Å². The van der Waals surface area contributed by atoms with E-state index in [0.29, 0.717) is 17.7 Å². The van der Waals surface area contributed by atoms with Crippen LogP contribution in [-0.4, -0.2) is 74.1 Å². The number of aliphatic hydroxyl groups is 1. The largest absolute Gasteiger partial charge is 0.480 e. The van der Waals surface area contributed by atoms with Gasteiger partial charge in [-0.05, 0) is 24.8 Å². The number of aliphatic carboxylic acids is 1. The Morgan fingerprint density at radius 3 is 2.14 bits per heavy atom. The molecule has 0 saturated heterocycles. The van der Waals surface area contributed by atoms with Crippen LogP contribution in [0.3, 0.4) is 0 Å². The lowest BCUT2D eigenvalue weighted by atomic mass is 10.0. The molecule has 1 heterocycles. The van der Waals surface area contributed by atoms with Gasteiger partial charge in [-0.3, -0.25) is 14.4 Å². The summed E-state index contributed by atoms with van der Waals surface area (Å²) in [7, 11) is 0. The van der Waals surface area contributed by atoms with E-state index in [1.54, 1.807) is 30.3 Å². The zero-order valence-corrected chi connectivity index (χ0v) is 21.2. The van der Waals surface area contributed by atoms with Crippen LogP contribution < -0.4 is 21.7 Å². The number of nitrogens with zero attached hydrogens (tertiary/aromatic N) is 1. The van der Waals surface area contributed by atoms with Crippen molar-refractivity contribution in [2.24, 2.45) is 11.7 Å². The van der Waals surface area contributed by atoms with Crippen molar-refractivity contribution in [3.05, 3.63) is 54.1 Å². The monoisotopic (exact) mass is 516 g/mol. The molecule has 0 aliphatic heterocycles. The molecule has 5 atom stereocenters. The van der Waals surface area contributed by atoms with Gasteiger partial charge in [0.05, 0.1) is 18.5 Å². The molecule has 0 saturated carbocycles. The Labute approximate surface area is 215 Å². The number of rotatable bonds is 14. The lowest BCUT2D eigenvalue weighted by molar-refractivity contribution is -0.142. The first-order valence-electron chi connectivity index (χ1n) is 12.1. The summed E-state index contributed by atoms with van der Waals surface area (Å²) in [6.45, 7) is 5.13. The Bertz CT molecular complexity index is 1030. The fourth-order valence-electron chi connectivity index (χ4n) is 3.69. The van der Waals surface area contributed by atoms with Crippen LogP contribution >= 0.6 is 0 Å². The zero-order chi connectivity index (χ0) is 27.5. The molecule has 37 heavy (non-hydrogen) atoms. The Morgan fingerprint density at radius 2 is 1.59 bits per heavy atom. The fraction of sp³-hybridized carbons (Fsp3) is 0.480. The minimum atomic E-state index is -1.38. The van der Waals surface area contributed by atoms with E-state index in [4.69, 9.17) is 5.73 Å². The highest BCUT2D eigenvalue weighted by Crippen LogP contribution is 2.08. The van der Waals surface area contributed by atoms with Crippen LogP contribution in [0.5, 0.6) is 0 Å². The molecule has 0 radical (unpaired) electrons. The van der Waals surface area contributed by atoms with Crippen molar-refractivity contribution in [2.45, 2.75) is 70.3 Å². The third kappa shape index (κ3) is 9.66. The summed E-state index contributed by atoms with van der Waals surface area (Å²) in [5.74, 6) is -3.28. The van der Waals surface area contributed by atoms with Crippen LogP contribution in [0.4, 0.5) is 0 Å². The maximum atomic E-state index is 13.2. The maximum Gasteiger partial charge on any atom is 0.326 e. The minimum absolute atomic E-state index is 0.0438. The number of aromatic amines is 1. The van der Waals surface area contributed by atoms with E-state index in [1.165, 1.54) is 19.4 Å². The summed E-state index contributed by atoms with van der Waals surface area (Å²) in [5, 5.41) is 27.3. The van der Waals surface area contributed by atoms with Crippen molar-refractivity contribution >= 4 is 23.7 Å². The van der Waals surface area contributed by atoms with E-state index in [2.05, 4.69) is 25.9 Å². The molecule has 2 rings (SSSR count). The molecular formula is C25H36N6O6.